The van der Waals surface area contributed by atoms with Crippen LogP contribution in [0.1, 0.15) is 39.5 Å². The van der Waals surface area contributed by atoms with Gasteiger partial charge >= 0.3 is 12.0 Å². The summed E-state index contributed by atoms with van der Waals surface area (Å²) in [4.78, 5) is 24.8. The number of carboxylic acids is 1. The number of nitrogens with zero attached hydrogens (tertiary/aromatic N) is 1. The van der Waals surface area contributed by atoms with E-state index in [0.29, 0.717) is 26.1 Å². The summed E-state index contributed by atoms with van der Waals surface area (Å²) >= 11 is 0. The van der Waals surface area contributed by atoms with Crippen molar-refractivity contribution in [2.75, 3.05) is 26.8 Å². The predicted octanol–water partition coefficient (Wildman–Crippen LogP) is 1.70. The molecule has 6 nitrogen and oxygen atoms in total. The molecular weight excluding hydrogens is 260 g/mol. The lowest BCUT2D eigenvalue weighted by Gasteiger charge is -2.34. The smallest absolute Gasteiger partial charge is 0.326 e. The van der Waals surface area contributed by atoms with Crippen molar-refractivity contribution in [1.82, 2.24) is 10.2 Å². The summed E-state index contributed by atoms with van der Waals surface area (Å²) in [5.74, 6) is -0.918. The first-order valence-corrected chi connectivity index (χ1v) is 7.13. The number of ether oxygens (including phenoxy) is 1. The average molecular weight is 286 g/mol. The molecule has 1 unspecified atom stereocenters. The molecule has 116 valence electrons. The molecular formula is C14H26N2O4. The number of carboxylic acid groups (broad SMARTS) is 1. The highest BCUT2D eigenvalue weighted by atomic mass is 16.5. The average Bonchev–Trinajstić information content (AvgIpc) is 2.42. The van der Waals surface area contributed by atoms with Gasteiger partial charge in [-0.15, -0.1) is 0 Å². The maximum absolute atomic E-state index is 12.2. The summed E-state index contributed by atoms with van der Waals surface area (Å²) in [6.07, 6.45) is 3.10. The number of methoxy groups -OCH3 is 1. The van der Waals surface area contributed by atoms with Crippen molar-refractivity contribution in [3.63, 3.8) is 0 Å². The van der Waals surface area contributed by atoms with E-state index < -0.39 is 12.0 Å². The van der Waals surface area contributed by atoms with Gasteiger partial charge in [0.1, 0.15) is 6.04 Å². The van der Waals surface area contributed by atoms with E-state index in [1.165, 1.54) is 4.90 Å². The van der Waals surface area contributed by atoms with Crippen molar-refractivity contribution >= 4 is 12.0 Å². The van der Waals surface area contributed by atoms with Gasteiger partial charge in [0.25, 0.3) is 0 Å². The summed E-state index contributed by atoms with van der Waals surface area (Å²) in [6.45, 7) is 5.78. The van der Waals surface area contributed by atoms with Crippen LogP contribution in [0.25, 0.3) is 0 Å². The zero-order chi connectivity index (χ0) is 15.2. The fourth-order valence-corrected chi connectivity index (χ4v) is 2.31. The van der Waals surface area contributed by atoms with Crippen LogP contribution in [0.3, 0.4) is 0 Å². The second-order valence-electron chi connectivity index (χ2n) is 6.11. The molecule has 0 radical (unpaired) electrons. The predicted molar refractivity (Wildman–Crippen MR) is 75.7 cm³/mol. The van der Waals surface area contributed by atoms with Gasteiger partial charge in [0.2, 0.25) is 0 Å². The van der Waals surface area contributed by atoms with Crippen molar-refractivity contribution < 1.29 is 19.4 Å². The Bertz CT molecular complexity index is 344. The number of urea groups is 1. The van der Waals surface area contributed by atoms with E-state index in [4.69, 9.17) is 9.84 Å². The van der Waals surface area contributed by atoms with Gasteiger partial charge in [-0.25, -0.2) is 9.59 Å². The molecule has 0 saturated carbocycles. The molecule has 20 heavy (non-hydrogen) atoms. The first kappa shape index (κ1) is 16.8. The molecule has 2 amide bonds. The van der Waals surface area contributed by atoms with Crippen molar-refractivity contribution in [3.8, 4) is 0 Å². The third-order valence-corrected chi connectivity index (χ3v) is 3.75. The third-order valence-electron chi connectivity index (χ3n) is 3.75. The molecule has 1 rings (SSSR count). The van der Waals surface area contributed by atoms with Gasteiger partial charge in [-0.3, -0.25) is 0 Å². The highest BCUT2D eigenvalue weighted by Crippen LogP contribution is 2.20. The lowest BCUT2D eigenvalue weighted by molar-refractivity contribution is -0.143. The fourth-order valence-electron chi connectivity index (χ4n) is 2.31. The minimum absolute atomic E-state index is 0.0693. The topological polar surface area (TPSA) is 78.9 Å². The number of aliphatic carboxylic acids is 1. The molecule has 6 heteroatoms. The summed E-state index contributed by atoms with van der Waals surface area (Å²) in [5.41, 5.74) is -0.0693. The summed E-state index contributed by atoms with van der Waals surface area (Å²) in [6, 6.07) is -0.964. The number of nitrogens with one attached hydrogen (secondary N) is 1. The van der Waals surface area contributed by atoms with Crippen LogP contribution < -0.4 is 5.32 Å². The van der Waals surface area contributed by atoms with Gasteiger partial charge in [-0.1, -0.05) is 13.8 Å². The minimum Gasteiger partial charge on any atom is -0.480 e. The van der Waals surface area contributed by atoms with Crippen LogP contribution in [-0.2, 0) is 9.53 Å². The standard InChI is InChI=1S/C14H26N2O4/c1-14(2,7-9-20-3)10-15-13(19)16-8-5-4-6-11(16)12(17)18/h11H,4-10H2,1-3H3,(H,15,19)(H,17,18). The number of amides is 2. The molecule has 1 saturated heterocycles. The molecule has 1 atom stereocenters. The Labute approximate surface area is 120 Å². The van der Waals surface area contributed by atoms with Crippen molar-refractivity contribution in [3.05, 3.63) is 0 Å². The Balaban J connectivity index is 2.50. The Hall–Kier alpha value is -1.30. The summed E-state index contributed by atoms with van der Waals surface area (Å²) in [7, 11) is 1.65. The first-order chi connectivity index (χ1) is 9.37. The van der Waals surface area contributed by atoms with E-state index in [1.807, 2.05) is 0 Å². The van der Waals surface area contributed by atoms with E-state index in [2.05, 4.69) is 19.2 Å². The van der Waals surface area contributed by atoms with Gasteiger partial charge in [0.15, 0.2) is 0 Å². The van der Waals surface area contributed by atoms with Crippen LogP contribution in [0, 0.1) is 5.41 Å². The molecule has 0 spiro atoms. The van der Waals surface area contributed by atoms with Crippen molar-refractivity contribution in [2.24, 2.45) is 5.41 Å². The number of carbonyl (C=O) groups excluding carboxylic acids is 1. The second-order valence-corrected chi connectivity index (χ2v) is 6.11. The van der Waals surface area contributed by atoms with E-state index in [9.17, 15) is 9.59 Å². The van der Waals surface area contributed by atoms with Gasteiger partial charge in [0.05, 0.1) is 0 Å². The van der Waals surface area contributed by atoms with E-state index in [1.54, 1.807) is 7.11 Å². The van der Waals surface area contributed by atoms with Gasteiger partial charge in [-0.05, 0) is 31.1 Å². The normalized spacial score (nSPS) is 19.8. The van der Waals surface area contributed by atoms with Crippen LogP contribution in [0.2, 0.25) is 0 Å². The largest absolute Gasteiger partial charge is 0.480 e. The monoisotopic (exact) mass is 286 g/mol. The summed E-state index contributed by atoms with van der Waals surface area (Å²) < 4.78 is 5.05. The number of piperidine rings is 1. The molecule has 0 bridgehead atoms. The Morgan fingerprint density at radius 3 is 2.70 bits per heavy atom. The zero-order valence-corrected chi connectivity index (χ0v) is 12.6. The molecule has 1 fully saturated rings. The maximum Gasteiger partial charge on any atom is 0.326 e. The maximum atomic E-state index is 12.2. The SMILES string of the molecule is COCCC(C)(C)CNC(=O)N1CCCCC1C(=O)O. The molecule has 1 aliphatic heterocycles. The van der Waals surface area contributed by atoms with Crippen molar-refractivity contribution in [1.29, 1.82) is 0 Å². The van der Waals surface area contributed by atoms with E-state index >= 15 is 0 Å². The number of rotatable bonds is 6. The highest BCUT2D eigenvalue weighted by Gasteiger charge is 2.32. The number of likely N-dealkylation sites (tertiary alicyclic amines) is 1. The molecule has 1 heterocycles. The summed E-state index contributed by atoms with van der Waals surface area (Å²) in [5, 5.41) is 12.0. The third kappa shape index (κ3) is 5.00. The first-order valence-electron chi connectivity index (χ1n) is 7.13. The minimum atomic E-state index is -0.918. The van der Waals surface area contributed by atoms with E-state index in [0.717, 1.165) is 19.3 Å². The van der Waals surface area contributed by atoms with Crippen LogP contribution >= 0.6 is 0 Å². The van der Waals surface area contributed by atoms with Crippen LogP contribution in [0.4, 0.5) is 4.79 Å². The Morgan fingerprint density at radius 2 is 2.10 bits per heavy atom. The lowest BCUT2D eigenvalue weighted by Crippen LogP contribution is -2.53. The van der Waals surface area contributed by atoms with E-state index in [-0.39, 0.29) is 11.4 Å². The van der Waals surface area contributed by atoms with Gasteiger partial charge in [0, 0.05) is 26.8 Å². The molecule has 0 aromatic rings. The fraction of sp³-hybridized carbons (Fsp3) is 0.857. The Morgan fingerprint density at radius 1 is 1.40 bits per heavy atom. The van der Waals surface area contributed by atoms with Gasteiger partial charge < -0.3 is 20.1 Å². The number of hydrogen-bond donors (Lipinski definition) is 2. The molecule has 0 aromatic heterocycles. The quantitative estimate of drug-likeness (QED) is 0.779. The molecule has 0 aliphatic carbocycles. The van der Waals surface area contributed by atoms with Crippen LogP contribution in [-0.4, -0.2) is 54.9 Å². The van der Waals surface area contributed by atoms with Crippen molar-refractivity contribution in [2.45, 2.75) is 45.6 Å². The second kappa shape index (κ2) is 7.47. The van der Waals surface area contributed by atoms with Gasteiger partial charge in [-0.2, -0.15) is 0 Å². The lowest BCUT2D eigenvalue weighted by atomic mass is 9.90. The molecule has 1 aliphatic rings. The number of carbonyl (C=O) groups is 2. The highest BCUT2D eigenvalue weighted by molar-refractivity contribution is 5.82. The zero-order valence-electron chi connectivity index (χ0n) is 12.6. The number of hydrogen-bond acceptors (Lipinski definition) is 3. The molecule has 0 aromatic carbocycles. The Kier molecular flexibility index (Phi) is 6.26. The van der Waals surface area contributed by atoms with Crippen LogP contribution in [0.5, 0.6) is 0 Å². The van der Waals surface area contributed by atoms with Crippen LogP contribution in [0.15, 0.2) is 0 Å². The molecule has 2 N–H and O–H groups in total.